The zero-order valence-corrected chi connectivity index (χ0v) is 14.0. The first-order chi connectivity index (χ1) is 11.1. The number of rotatable bonds is 7. The molecule has 0 saturated carbocycles. The van der Waals surface area contributed by atoms with Gasteiger partial charge in [-0.25, -0.2) is 4.98 Å². The summed E-state index contributed by atoms with van der Waals surface area (Å²) in [6.07, 6.45) is 2.48. The van der Waals surface area contributed by atoms with Gasteiger partial charge in [-0.1, -0.05) is 17.7 Å². The molecule has 0 bridgehead atoms. The number of aromatic nitrogens is 1. The van der Waals surface area contributed by atoms with Crippen LogP contribution in [0.25, 0.3) is 0 Å². The van der Waals surface area contributed by atoms with Crippen LogP contribution < -0.4 is 10.6 Å². The number of aryl methyl sites for hydroxylation is 1. The largest absolute Gasteiger partial charge is 0.385 e. The lowest BCUT2D eigenvalue weighted by Gasteiger charge is -2.09. The van der Waals surface area contributed by atoms with E-state index >= 15 is 0 Å². The Hall–Kier alpha value is -2.11. The average molecular weight is 334 g/mol. The van der Waals surface area contributed by atoms with Gasteiger partial charge in [-0.2, -0.15) is 0 Å². The van der Waals surface area contributed by atoms with E-state index in [9.17, 15) is 4.79 Å². The lowest BCUT2D eigenvalue weighted by Crippen LogP contribution is -2.13. The fraction of sp³-hybridized carbons (Fsp3) is 0.294. The molecule has 2 rings (SSSR count). The maximum Gasteiger partial charge on any atom is 0.255 e. The smallest absolute Gasteiger partial charge is 0.255 e. The van der Waals surface area contributed by atoms with Crippen LogP contribution in [-0.4, -0.2) is 31.2 Å². The Labute approximate surface area is 141 Å². The third-order valence-electron chi connectivity index (χ3n) is 3.28. The predicted molar refractivity (Wildman–Crippen MR) is 93.4 cm³/mol. The van der Waals surface area contributed by atoms with Crippen molar-refractivity contribution >= 4 is 29.0 Å². The first-order valence-electron chi connectivity index (χ1n) is 7.36. The molecule has 6 heteroatoms. The van der Waals surface area contributed by atoms with Crippen molar-refractivity contribution in [1.82, 2.24) is 4.98 Å². The molecule has 122 valence electrons. The molecule has 2 N–H and O–H groups in total. The molecule has 2 aromatic rings. The van der Waals surface area contributed by atoms with Crippen molar-refractivity contribution in [2.75, 3.05) is 30.9 Å². The van der Waals surface area contributed by atoms with Crippen LogP contribution in [0.5, 0.6) is 0 Å². The second-order valence-electron chi connectivity index (χ2n) is 5.12. The maximum absolute atomic E-state index is 12.3. The molecule has 0 aliphatic rings. The molecule has 0 fully saturated rings. The number of hydrogen-bond acceptors (Lipinski definition) is 4. The number of benzene rings is 1. The molecule has 1 aromatic heterocycles. The van der Waals surface area contributed by atoms with Crippen LogP contribution in [-0.2, 0) is 4.74 Å². The highest BCUT2D eigenvalue weighted by molar-refractivity contribution is 6.31. The summed E-state index contributed by atoms with van der Waals surface area (Å²) in [6.45, 7) is 3.33. The monoisotopic (exact) mass is 333 g/mol. The number of halogens is 1. The van der Waals surface area contributed by atoms with Gasteiger partial charge < -0.3 is 15.4 Å². The molecule has 0 unspecified atom stereocenters. The first kappa shape index (κ1) is 17.2. The Morgan fingerprint density at radius 3 is 2.87 bits per heavy atom. The Balaban J connectivity index is 2.00. The first-order valence-corrected chi connectivity index (χ1v) is 7.74. The van der Waals surface area contributed by atoms with Crippen LogP contribution in [0.15, 0.2) is 36.5 Å². The SMILES string of the molecule is COCCCNc1cc(C(=O)Nc2ccc(C)c(Cl)c2)ccn1. The van der Waals surface area contributed by atoms with E-state index in [1.54, 1.807) is 31.5 Å². The zero-order chi connectivity index (χ0) is 16.7. The number of anilines is 2. The second kappa shape index (κ2) is 8.50. The highest BCUT2D eigenvalue weighted by Crippen LogP contribution is 2.20. The molecule has 23 heavy (non-hydrogen) atoms. The summed E-state index contributed by atoms with van der Waals surface area (Å²) in [7, 11) is 1.67. The number of ether oxygens (including phenoxy) is 1. The van der Waals surface area contributed by atoms with Gasteiger partial charge in [-0.3, -0.25) is 4.79 Å². The topological polar surface area (TPSA) is 63.2 Å². The number of methoxy groups -OCH3 is 1. The van der Waals surface area contributed by atoms with E-state index in [1.165, 1.54) is 0 Å². The van der Waals surface area contributed by atoms with Gasteiger partial charge in [0, 0.05) is 42.7 Å². The van der Waals surface area contributed by atoms with Crippen molar-refractivity contribution in [3.8, 4) is 0 Å². The quantitative estimate of drug-likeness (QED) is 0.758. The van der Waals surface area contributed by atoms with Gasteiger partial charge >= 0.3 is 0 Å². The van der Waals surface area contributed by atoms with Crippen molar-refractivity contribution in [1.29, 1.82) is 0 Å². The molecule has 0 aliphatic heterocycles. The van der Waals surface area contributed by atoms with E-state index in [1.807, 2.05) is 19.1 Å². The molecule has 0 aliphatic carbocycles. The fourth-order valence-electron chi connectivity index (χ4n) is 1.98. The van der Waals surface area contributed by atoms with Crippen molar-refractivity contribution in [3.05, 3.63) is 52.7 Å². The lowest BCUT2D eigenvalue weighted by molar-refractivity contribution is 0.102. The number of pyridine rings is 1. The minimum Gasteiger partial charge on any atom is -0.385 e. The standard InChI is InChI=1S/C17H20ClN3O2/c1-12-4-5-14(11-15(12)18)21-17(22)13-6-8-20-16(10-13)19-7-3-9-23-2/h4-6,8,10-11H,3,7,9H2,1-2H3,(H,19,20)(H,21,22). The molecule has 5 nitrogen and oxygen atoms in total. The molecule has 0 radical (unpaired) electrons. The molecular formula is C17H20ClN3O2. The van der Waals surface area contributed by atoms with Crippen LogP contribution in [0.1, 0.15) is 22.3 Å². The number of hydrogen-bond donors (Lipinski definition) is 2. The molecule has 0 spiro atoms. The summed E-state index contributed by atoms with van der Waals surface area (Å²) in [5.41, 5.74) is 2.17. The highest BCUT2D eigenvalue weighted by Gasteiger charge is 2.08. The fourth-order valence-corrected chi connectivity index (χ4v) is 2.16. The summed E-state index contributed by atoms with van der Waals surface area (Å²) < 4.78 is 4.99. The highest BCUT2D eigenvalue weighted by atomic mass is 35.5. The van der Waals surface area contributed by atoms with Crippen LogP contribution in [0.2, 0.25) is 5.02 Å². The van der Waals surface area contributed by atoms with Crippen molar-refractivity contribution < 1.29 is 9.53 Å². The molecule has 0 saturated heterocycles. The minimum absolute atomic E-state index is 0.202. The summed E-state index contributed by atoms with van der Waals surface area (Å²) in [4.78, 5) is 16.5. The maximum atomic E-state index is 12.3. The molecule has 1 aromatic carbocycles. The number of amides is 1. The van der Waals surface area contributed by atoms with Gasteiger partial charge in [0.2, 0.25) is 0 Å². The summed E-state index contributed by atoms with van der Waals surface area (Å²) >= 11 is 6.07. The normalized spacial score (nSPS) is 10.4. The number of carbonyl (C=O) groups excluding carboxylic acids is 1. The number of nitrogens with zero attached hydrogens (tertiary/aromatic N) is 1. The third kappa shape index (κ3) is 5.23. The van der Waals surface area contributed by atoms with Crippen LogP contribution >= 0.6 is 11.6 Å². The summed E-state index contributed by atoms with van der Waals surface area (Å²) in [6, 6.07) is 8.82. The number of nitrogens with one attached hydrogen (secondary N) is 2. The number of carbonyl (C=O) groups is 1. The van der Waals surface area contributed by atoms with E-state index in [0.717, 1.165) is 18.5 Å². The van der Waals surface area contributed by atoms with Gasteiger partial charge in [0.25, 0.3) is 5.91 Å². The second-order valence-corrected chi connectivity index (χ2v) is 5.53. The predicted octanol–water partition coefficient (Wildman–Crippen LogP) is 3.74. The van der Waals surface area contributed by atoms with Gasteiger partial charge in [-0.15, -0.1) is 0 Å². The summed E-state index contributed by atoms with van der Waals surface area (Å²) in [5.74, 6) is 0.461. The average Bonchev–Trinajstić information content (AvgIpc) is 2.55. The Morgan fingerprint density at radius 1 is 1.30 bits per heavy atom. The van der Waals surface area contributed by atoms with Crippen LogP contribution in [0, 0.1) is 6.92 Å². The van der Waals surface area contributed by atoms with Gasteiger partial charge in [0.05, 0.1) is 0 Å². The van der Waals surface area contributed by atoms with Crippen molar-refractivity contribution in [2.24, 2.45) is 0 Å². The molecule has 1 heterocycles. The minimum atomic E-state index is -0.202. The van der Waals surface area contributed by atoms with E-state index in [-0.39, 0.29) is 5.91 Å². The Morgan fingerprint density at radius 2 is 2.13 bits per heavy atom. The van der Waals surface area contributed by atoms with E-state index in [0.29, 0.717) is 28.7 Å². The van der Waals surface area contributed by atoms with Crippen molar-refractivity contribution in [3.63, 3.8) is 0 Å². The van der Waals surface area contributed by atoms with Crippen LogP contribution in [0.3, 0.4) is 0 Å². The molecule has 0 atom stereocenters. The van der Waals surface area contributed by atoms with Gasteiger partial charge in [0.1, 0.15) is 5.82 Å². The van der Waals surface area contributed by atoms with Crippen molar-refractivity contribution in [2.45, 2.75) is 13.3 Å². The van der Waals surface area contributed by atoms with E-state index in [2.05, 4.69) is 15.6 Å². The molecular weight excluding hydrogens is 314 g/mol. The van der Waals surface area contributed by atoms with Crippen LogP contribution in [0.4, 0.5) is 11.5 Å². The Bertz CT molecular complexity index is 677. The van der Waals surface area contributed by atoms with E-state index < -0.39 is 0 Å². The third-order valence-corrected chi connectivity index (χ3v) is 3.69. The van der Waals surface area contributed by atoms with Gasteiger partial charge in [-0.05, 0) is 43.2 Å². The van der Waals surface area contributed by atoms with Gasteiger partial charge in [0.15, 0.2) is 0 Å². The molecule has 1 amide bonds. The summed E-state index contributed by atoms with van der Waals surface area (Å²) in [5, 5.41) is 6.62. The lowest BCUT2D eigenvalue weighted by atomic mass is 10.2. The van der Waals surface area contributed by atoms with E-state index in [4.69, 9.17) is 16.3 Å². The zero-order valence-electron chi connectivity index (χ0n) is 13.2. The Kier molecular flexibility index (Phi) is 6.38.